The highest BCUT2D eigenvalue weighted by molar-refractivity contribution is 5.44. The average molecular weight is 378 g/mol. The Bertz CT molecular complexity index is 732. The molecule has 0 amide bonds. The van der Waals surface area contributed by atoms with Crippen molar-refractivity contribution in [2.75, 3.05) is 27.4 Å². The van der Waals surface area contributed by atoms with Gasteiger partial charge in [-0.05, 0) is 48.2 Å². The summed E-state index contributed by atoms with van der Waals surface area (Å²) < 4.78 is 16.2. The predicted octanol–water partition coefficient (Wildman–Crippen LogP) is 1.81. The van der Waals surface area contributed by atoms with Crippen LogP contribution in [0.1, 0.15) is 23.7 Å². The zero-order chi connectivity index (χ0) is 19.8. The zero-order valence-corrected chi connectivity index (χ0v) is 15.5. The zero-order valence-electron chi connectivity index (χ0n) is 15.5. The molecule has 0 aromatic heterocycles. The molecule has 0 fully saturated rings. The number of aliphatic hydroxyl groups is 3. The summed E-state index contributed by atoms with van der Waals surface area (Å²) in [6.07, 6.45) is -0.754. The van der Waals surface area contributed by atoms with E-state index >= 15 is 0 Å². The van der Waals surface area contributed by atoms with Crippen molar-refractivity contribution in [3.8, 4) is 23.0 Å². The van der Waals surface area contributed by atoms with Crippen LogP contribution in [0, 0.1) is 0 Å². The Labute approximate surface area is 158 Å². The molecule has 0 radical (unpaired) electrons. The quantitative estimate of drug-likeness (QED) is 0.499. The summed E-state index contributed by atoms with van der Waals surface area (Å²) in [5.74, 6) is 1.03. The Kier molecular flexibility index (Phi) is 7.72. The highest BCUT2D eigenvalue weighted by Gasteiger charge is 2.24. The molecule has 27 heavy (non-hydrogen) atoms. The van der Waals surface area contributed by atoms with Gasteiger partial charge in [0.05, 0.1) is 20.8 Å². The Morgan fingerprint density at radius 3 is 2.30 bits per heavy atom. The molecule has 4 N–H and O–H groups in total. The molecule has 0 spiro atoms. The fourth-order valence-electron chi connectivity index (χ4n) is 2.71. The van der Waals surface area contributed by atoms with Crippen molar-refractivity contribution in [1.82, 2.24) is 0 Å². The highest BCUT2D eigenvalue weighted by Crippen LogP contribution is 2.34. The second-order valence-corrected chi connectivity index (χ2v) is 6.03. The second kappa shape index (κ2) is 10.0. The molecule has 2 aromatic rings. The summed E-state index contributed by atoms with van der Waals surface area (Å²) in [4.78, 5) is 0. The van der Waals surface area contributed by atoms with E-state index in [0.717, 1.165) is 5.56 Å². The van der Waals surface area contributed by atoms with Crippen molar-refractivity contribution >= 4 is 0 Å². The largest absolute Gasteiger partial charge is 0.504 e. The molecule has 0 saturated carbocycles. The van der Waals surface area contributed by atoms with E-state index in [1.54, 1.807) is 12.1 Å². The van der Waals surface area contributed by atoms with Crippen LogP contribution in [-0.4, -0.2) is 54.0 Å². The number of phenolic OH excluding ortho intramolecular Hbond substituents is 1. The number of rotatable bonds is 10. The van der Waals surface area contributed by atoms with E-state index in [0.29, 0.717) is 29.9 Å². The van der Waals surface area contributed by atoms with E-state index in [1.165, 1.54) is 32.4 Å². The van der Waals surface area contributed by atoms with Gasteiger partial charge in [0.1, 0.15) is 6.10 Å². The van der Waals surface area contributed by atoms with Crippen molar-refractivity contribution < 1.29 is 34.6 Å². The van der Waals surface area contributed by atoms with Gasteiger partial charge < -0.3 is 34.6 Å². The van der Waals surface area contributed by atoms with Gasteiger partial charge in [-0.25, -0.2) is 0 Å². The van der Waals surface area contributed by atoms with Gasteiger partial charge in [-0.2, -0.15) is 0 Å². The molecular weight excluding hydrogens is 352 g/mol. The maximum atomic E-state index is 10.6. The predicted molar refractivity (Wildman–Crippen MR) is 99.5 cm³/mol. The summed E-state index contributed by atoms with van der Waals surface area (Å²) in [6, 6.07) is 9.78. The minimum Gasteiger partial charge on any atom is -0.504 e. The molecule has 7 heteroatoms. The molecule has 0 aliphatic rings. The Balaban J connectivity index is 2.20. The number of ether oxygens (including phenoxy) is 3. The van der Waals surface area contributed by atoms with Crippen molar-refractivity contribution in [1.29, 1.82) is 0 Å². The lowest BCUT2D eigenvalue weighted by Crippen LogP contribution is -2.29. The number of phenols is 1. The van der Waals surface area contributed by atoms with E-state index in [-0.39, 0.29) is 18.1 Å². The van der Waals surface area contributed by atoms with Gasteiger partial charge in [0.2, 0.25) is 0 Å². The number of benzene rings is 2. The summed E-state index contributed by atoms with van der Waals surface area (Å²) in [5, 5.41) is 38.9. The third-order valence-corrected chi connectivity index (χ3v) is 4.21. The third-order valence-electron chi connectivity index (χ3n) is 4.21. The van der Waals surface area contributed by atoms with Crippen LogP contribution < -0.4 is 14.2 Å². The molecular formula is C20H26O7. The summed E-state index contributed by atoms with van der Waals surface area (Å²) in [7, 11) is 2.92. The summed E-state index contributed by atoms with van der Waals surface area (Å²) in [6.45, 7) is -0.324. The van der Waals surface area contributed by atoms with Gasteiger partial charge in [0.25, 0.3) is 0 Å². The van der Waals surface area contributed by atoms with E-state index in [4.69, 9.17) is 19.3 Å². The first-order chi connectivity index (χ1) is 13.0. The normalized spacial score (nSPS) is 13.1. The van der Waals surface area contributed by atoms with Crippen LogP contribution in [0.15, 0.2) is 36.4 Å². The number of hydrogen-bond acceptors (Lipinski definition) is 7. The van der Waals surface area contributed by atoms with Gasteiger partial charge in [0, 0.05) is 6.61 Å². The minimum absolute atomic E-state index is 0.0462. The number of aromatic hydroxyl groups is 1. The second-order valence-electron chi connectivity index (χ2n) is 6.03. The molecule has 0 aliphatic heterocycles. The highest BCUT2D eigenvalue weighted by atomic mass is 16.5. The van der Waals surface area contributed by atoms with Crippen LogP contribution in [0.2, 0.25) is 0 Å². The first kappa shape index (κ1) is 20.8. The Morgan fingerprint density at radius 2 is 1.67 bits per heavy atom. The Morgan fingerprint density at radius 1 is 0.926 bits per heavy atom. The summed E-state index contributed by atoms with van der Waals surface area (Å²) in [5.41, 5.74) is 1.42. The van der Waals surface area contributed by atoms with E-state index in [2.05, 4.69) is 0 Å². The molecule has 2 atom stereocenters. The monoisotopic (exact) mass is 378 g/mol. The topological polar surface area (TPSA) is 109 Å². The van der Waals surface area contributed by atoms with Crippen LogP contribution in [0.4, 0.5) is 0 Å². The lowest BCUT2D eigenvalue weighted by Gasteiger charge is -2.24. The molecule has 0 bridgehead atoms. The third kappa shape index (κ3) is 5.26. The first-order valence-electron chi connectivity index (χ1n) is 8.64. The van der Waals surface area contributed by atoms with E-state index < -0.39 is 18.8 Å². The number of hydrogen-bond donors (Lipinski definition) is 4. The van der Waals surface area contributed by atoms with Gasteiger partial charge in [-0.1, -0.05) is 12.1 Å². The average Bonchev–Trinajstić information content (AvgIpc) is 2.70. The maximum absolute atomic E-state index is 10.6. The maximum Gasteiger partial charge on any atom is 0.161 e. The molecule has 0 heterocycles. The molecule has 7 nitrogen and oxygen atoms in total. The molecule has 0 saturated heterocycles. The lowest BCUT2D eigenvalue weighted by molar-refractivity contribution is -0.000525. The minimum atomic E-state index is -1.15. The first-order valence-corrected chi connectivity index (χ1v) is 8.64. The van der Waals surface area contributed by atoms with Gasteiger partial charge in [0.15, 0.2) is 29.1 Å². The van der Waals surface area contributed by atoms with Crippen LogP contribution in [0.25, 0.3) is 0 Å². The number of aryl methyl sites for hydroxylation is 1. The fraction of sp³-hybridized carbons (Fsp3) is 0.400. The number of aliphatic hydroxyl groups excluding tert-OH is 3. The van der Waals surface area contributed by atoms with Crippen molar-refractivity contribution in [2.45, 2.75) is 25.0 Å². The van der Waals surface area contributed by atoms with Gasteiger partial charge in [-0.15, -0.1) is 0 Å². The molecule has 0 unspecified atom stereocenters. The van der Waals surface area contributed by atoms with Crippen LogP contribution >= 0.6 is 0 Å². The van der Waals surface area contributed by atoms with Gasteiger partial charge in [-0.3, -0.25) is 0 Å². The number of methoxy groups -OCH3 is 2. The fourth-order valence-corrected chi connectivity index (χ4v) is 2.71. The van der Waals surface area contributed by atoms with Crippen molar-refractivity contribution in [3.05, 3.63) is 47.5 Å². The summed E-state index contributed by atoms with van der Waals surface area (Å²) >= 11 is 0. The molecule has 0 aliphatic carbocycles. The van der Waals surface area contributed by atoms with Crippen LogP contribution in [-0.2, 0) is 6.42 Å². The van der Waals surface area contributed by atoms with E-state index in [1.807, 2.05) is 6.07 Å². The van der Waals surface area contributed by atoms with E-state index in [9.17, 15) is 15.3 Å². The molecule has 2 aromatic carbocycles. The molecule has 148 valence electrons. The van der Waals surface area contributed by atoms with Crippen molar-refractivity contribution in [3.63, 3.8) is 0 Å². The lowest BCUT2D eigenvalue weighted by atomic mass is 10.0. The van der Waals surface area contributed by atoms with Crippen molar-refractivity contribution in [2.24, 2.45) is 0 Å². The van der Waals surface area contributed by atoms with Gasteiger partial charge >= 0.3 is 0 Å². The standard InChI is InChI=1S/C20H26O7/c1-25-17-11-14(6-7-15(17)23)20(24)19(12-22)27-16-8-5-13(4-3-9-21)10-18(16)26-2/h5-8,10-11,19-24H,3-4,9,12H2,1-2H3/t19-,20-/m0/s1. The Hall–Kier alpha value is -2.48. The van der Waals surface area contributed by atoms with Crippen LogP contribution in [0.5, 0.6) is 23.0 Å². The molecule has 2 rings (SSSR count). The smallest absolute Gasteiger partial charge is 0.161 e. The SMILES string of the molecule is COc1cc([C@H](O)[C@H](CO)Oc2ccc(CCCO)cc2OC)ccc1O. The van der Waals surface area contributed by atoms with Crippen LogP contribution in [0.3, 0.4) is 0 Å².